The molecule has 0 aliphatic heterocycles. The molecule has 0 aliphatic carbocycles. The van der Waals surface area contributed by atoms with Crippen molar-refractivity contribution in [2.75, 3.05) is 7.05 Å². The number of hydrogen-bond acceptors (Lipinski definition) is 2. The summed E-state index contributed by atoms with van der Waals surface area (Å²) in [6, 6.07) is 0.381. The second-order valence-electron chi connectivity index (χ2n) is 2.75. The molecule has 1 aromatic rings. The van der Waals surface area contributed by atoms with Crippen molar-refractivity contribution in [2.45, 2.75) is 19.4 Å². The summed E-state index contributed by atoms with van der Waals surface area (Å²) >= 11 is 3.48. The molecule has 1 atom stereocenters. The second kappa shape index (κ2) is 4.05. The predicted octanol–water partition coefficient (Wildman–Crippen LogP) is 1.85. The maximum Gasteiger partial charge on any atom is 0.0692 e. The third kappa shape index (κ3) is 1.69. The number of aromatic nitrogens is 2. The largest absolute Gasteiger partial charge is 0.312 e. The predicted molar refractivity (Wildman–Crippen MR) is 53.0 cm³/mol. The van der Waals surface area contributed by atoms with Crippen molar-refractivity contribution in [2.24, 2.45) is 7.05 Å². The van der Waals surface area contributed by atoms with Crippen LogP contribution in [0.2, 0.25) is 0 Å². The minimum absolute atomic E-state index is 0.381. The lowest BCUT2D eigenvalue weighted by atomic mass is 10.1. The Kier molecular flexibility index (Phi) is 3.29. The topological polar surface area (TPSA) is 29.9 Å². The van der Waals surface area contributed by atoms with Gasteiger partial charge in [0.25, 0.3) is 0 Å². The zero-order chi connectivity index (χ0) is 9.14. The Bertz CT molecular complexity index is 233. The van der Waals surface area contributed by atoms with Crippen molar-refractivity contribution in [1.29, 1.82) is 0 Å². The molecule has 68 valence electrons. The zero-order valence-corrected chi connectivity index (χ0v) is 9.22. The average molecular weight is 232 g/mol. The van der Waals surface area contributed by atoms with Crippen LogP contribution in [0.5, 0.6) is 0 Å². The molecule has 0 bridgehead atoms. The lowest BCUT2D eigenvalue weighted by molar-refractivity contribution is 0.524. The second-order valence-corrected chi connectivity index (χ2v) is 3.61. The van der Waals surface area contributed by atoms with Crippen LogP contribution in [0.3, 0.4) is 0 Å². The van der Waals surface area contributed by atoms with Crippen LogP contribution in [0.1, 0.15) is 25.1 Å². The SMILES string of the molecule is CCC(NC)c1c(Br)cnn1C. The van der Waals surface area contributed by atoms with Crippen molar-refractivity contribution >= 4 is 15.9 Å². The summed E-state index contributed by atoms with van der Waals surface area (Å²) in [5, 5.41) is 7.41. The molecule has 1 heterocycles. The molecule has 0 aliphatic rings. The van der Waals surface area contributed by atoms with E-state index in [0.29, 0.717) is 6.04 Å². The molecule has 0 saturated heterocycles. The van der Waals surface area contributed by atoms with E-state index in [2.05, 4.69) is 33.3 Å². The molecular formula is C8H14BrN3. The highest BCUT2D eigenvalue weighted by Gasteiger charge is 2.14. The number of hydrogen-bond donors (Lipinski definition) is 1. The molecule has 1 rings (SSSR count). The molecule has 1 N–H and O–H groups in total. The Balaban J connectivity index is 2.98. The summed E-state index contributed by atoms with van der Waals surface area (Å²) in [6.07, 6.45) is 2.89. The standard InChI is InChI=1S/C8H14BrN3/c1-4-7(10-2)8-6(9)5-11-12(8)3/h5,7,10H,4H2,1-3H3. The molecule has 0 amide bonds. The van der Waals surface area contributed by atoms with Crippen LogP contribution >= 0.6 is 15.9 Å². The molecule has 0 fully saturated rings. The Labute approximate surface area is 81.3 Å². The first kappa shape index (κ1) is 9.74. The van der Waals surface area contributed by atoms with Crippen molar-refractivity contribution in [3.8, 4) is 0 Å². The van der Waals surface area contributed by atoms with Gasteiger partial charge in [0.2, 0.25) is 0 Å². The minimum atomic E-state index is 0.381. The summed E-state index contributed by atoms with van der Waals surface area (Å²) in [4.78, 5) is 0. The third-order valence-corrected chi connectivity index (χ3v) is 2.64. The van der Waals surface area contributed by atoms with E-state index in [4.69, 9.17) is 0 Å². The molecule has 0 saturated carbocycles. The van der Waals surface area contributed by atoms with Gasteiger partial charge in [-0.05, 0) is 29.4 Å². The molecule has 0 spiro atoms. The Morgan fingerprint density at radius 1 is 1.75 bits per heavy atom. The highest BCUT2D eigenvalue weighted by atomic mass is 79.9. The average Bonchev–Trinajstić information content (AvgIpc) is 2.38. The summed E-state index contributed by atoms with van der Waals surface area (Å²) in [5.74, 6) is 0. The van der Waals surface area contributed by atoms with Crippen LogP contribution in [0, 0.1) is 0 Å². The van der Waals surface area contributed by atoms with Gasteiger partial charge in [-0.3, -0.25) is 4.68 Å². The van der Waals surface area contributed by atoms with E-state index in [1.54, 1.807) is 0 Å². The number of nitrogens with one attached hydrogen (secondary N) is 1. The van der Waals surface area contributed by atoms with Gasteiger partial charge in [-0.1, -0.05) is 6.92 Å². The smallest absolute Gasteiger partial charge is 0.0692 e. The van der Waals surface area contributed by atoms with Gasteiger partial charge in [0.05, 0.1) is 16.4 Å². The molecule has 1 unspecified atom stereocenters. The normalized spacial score (nSPS) is 13.3. The molecule has 1 aromatic heterocycles. The van der Waals surface area contributed by atoms with Crippen molar-refractivity contribution < 1.29 is 0 Å². The number of aryl methyl sites for hydroxylation is 1. The lowest BCUT2D eigenvalue weighted by Gasteiger charge is -2.14. The Morgan fingerprint density at radius 2 is 2.42 bits per heavy atom. The van der Waals surface area contributed by atoms with Crippen molar-refractivity contribution in [3.05, 3.63) is 16.4 Å². The van der Waals surface area contributed by atoms with E-state index in [1.807, 2.05) is 25.0 Å². The first-order valence-corrected chi connectivity index (χ1v) is 4.84. The highest BCUT2D eigenvalue weighted by molar-refractivity contribution is 9.10. The van der Waals surface area contributed by atoms with Crippen molar-refractivity contribution in [3.63, 3.8) is 0 Å². The van der Waals surface area contributed by atoms with Gasteiger partial charge in [-0.2, -0.15) is 5.10 Å². The fourth-order valence-corrected chi connectivity index (χ4v) is 1.97. The van der Waals surface area contributed by atoms with E-state index in [0.717, 1.165) is 10.9 Å². The van der Waals surface area contributed by atoms with E-state index in [9.17, 15) is 0 Å². The van der Waals surface area contributed by atoms with E-state index < -0.39 is 0 Å². The van der Waals surface area contributed by atoms with Crippen LogP contribution in [0.4, 0.5) is 0 Å². The number of nitrogens with zero attached hydrogens (tertiary/aromatic N) is 2. The van der Waals surface area contributed by atoms with Crippen LogP contribution in [-0.2, 0) is 7.05 Å². The monoisotopic (exact) mass is 231 g/mol. The van der Waals surface area contributed by atoms with Gasteiger partial charge in [-0.25, -0.2) is 0 Å². The first-order chi connectivity index (χ1) is 5.70. The molecule has 3 nitrogen and oxygen atoms in total. The van der Waals surface area contributed by atoms with Crippen LogP contribution in [0.15, 0.2) is 10.7 Å². The molecule has 0 radical (unpaired) electrons. The summed E-state index contributed by atoms with van der Waals surface area (Å²) in [6.45, 7) is 2.15. The number of halogens is 1. The quantitative estimate of drug-likeness (QED) is 0.861. The van der Waals surface area contributed by atoms with E-state index in [-0.39, 0.29) is 0 Å². The fourth-order valence-electron chi connectivity index (χ4n) is 1.35. The van der Waals surface area contributed by atoms with Crippen LogP contribution in [-0.4, -0.2) is 16.8 Å². The lowest BCUT2D eigenvalue weighted by Crippen LogP contribution is -2.18. The van der Waals surface area contributed by atoms with Crippen LogP contribution in [0.25, 0.3) is 0 Å². The molecular weight excluding hydrogens is 218 g/mol. The van der Waals surface area contributed by atoms with E-state index >= 15 is 0 Å². The van der Waals surface area contributed by atoms with Gasteiger partial charge in [0.1, 0.15) is 0 Å². The molecule has 4 heteroatoms. The summed E-state index contributed by atoms with van der Waals surface area (Å²) in [7, 11) is 3.92. The van der Waals surface area contributed by atoms with Gasteiger partial charge in [-0.15, -0.1) is 0 Å². The van der Waals surface area contributed by atoms with E-state index in [1.165, 1.54) is 5.69 Å². The van der Waals surface area contributed by atoms with Gasteiger partial charge in [0, 0.05) is 13.1 Å². The molecule has 12 heavy (non-hydrogen) atoms. The minimum Gasteiger partial charge on any atom is -0.312 e. The van der Waals surface area contributed by atoms with Crippen molar-refractivity contribution in [1.82, 2.24) is 15.1 Å². The Morgan fingerprint density at radius 3 is 2.75 bits per heavy atom. The maximum atomic E-state index is 4.16. The van der Waals surface area contributed by atoms with Crippen LogP contribution < -0.4 is 5.32 Å². The highest BCUT2D eigenvalue weighted by Crippen LogP contribution is 2.23. The van der Waals surface area contributed by atoms with Gasteiger partial charge in [0.15, 0.2) is 0 Å². The Hall–Kier alpha value is -0.350. The zero-order valence-electron chi connectivity index (χ0n) is 7.63. The fraction of sp³-hybridized carbons (Fsp3) is 0.625. The number of rotatable bonds is 3. The van der Waals surface area contributed by atoms with Gasteiger partial charge >= 0.3 is 0 Å². The first-order valence-electron chi connectivity index (χ1n) is 4.05. The third-order valence-electron chi connectivity index (χ3n) is 2.02. The maximum absolute atomic E-state index is 4.16. The summed E-state index contributed by atoms with van der Waals surface area (Å²) < 4.78 is 2.97. The van der Waals surface area contributed by atoms with Gasteiger partial charge < -0.3 is 5.32 Å². The molecule has 0 aromatic carbocycles. The summed E-state index contributed by atoms with van der Waals surface area (Å²) in [5.41, 5.74) is 1.21.